The Morgan fingerprint density at radius 3 is 2.20 bits per heavy atom. The first-order valence-electron chi connectivity index (χ1n) is 11.2. The number of anilines is 1. The van der Waals surface area contributed by atoms with Crippen LogP contribution in [0.3, 0.4) is 0 Å². The molecule has 0 saturated heterocycles. The number of hydrogen-bond donors (Lipinski definition) is 4. The van der Waals surface area contributed by atoms with Crippen LogP contribution in [0.2, 0.25) is 0 Å². The van der Waals surface area contributed by atoms with Crippen LogP contribution in [0.5, 0.6) is 0 Å². The molecule has 0 unspecified atom stereocenters. The highest BCUT2D eigenvalue weighted by Gasteiger charge is 2.29. The van der Waals surface area contributed by atoms with Gasteiger partial charge in [0.2, 0.25) is 5.91 Å². The Hall–Kier alpha value is -4.24. The molecule has 1 aliphatic carbocycles. The highest BCUT2D eigenvalue weighted by Crippen LogP contribution is 2.44. The summed E-state index contributed by atoms with van der Waals surface area (Å²) in [4.78, 5) is 39.7. The topological polar surface area (TPSA) is 138 Å². The van der Waals surface area contributed by atoms with Crippen molar-refractivity contribution in [1.82, 2.24) is 10.3 Å². The van der Waals surface area contributed by atoms with Gasteiger partial charge in [-0.15, -0.1) is 0 Å². The number of nitrogens with zero attached hydrogens (tertiary/aromatic N) is 1. The number of pyridine rings is 1. The van der Waals surface area contributed by atoms with Gasteiger partial charge in [0.1, 0.15) is 12.6 Å². The van der Waals surface area contributed by atoms with Crippen LogP contribution in [0.15, 0.2) is 66.9 Å². The molecule has 3 aromatic rings. The molecule has 2 aromatic carbocycles. The summed E-state index contributed by atoms with van der Waals surface area (Å²) in [6.07, 6.45) is 0.553. The maximum atomic E-state index is 12.4. The SMILES string of the molecule is O=C(Cc1ccc(NC(=O)OCC2c3ccccc3-c3ccccc32)cn1)N[C@H](CCO)C(=O)O. The third-order valence-electron chi connectivity index (χ3n) is 5.81. The van der Waals surface area contributed by atoms with E-state index in [0.29, 0.717) is 11.4 Å². The number of rotatable bonds is 9. The number of nitrogens with one attached hydrogen (secondary N) is 2. The summed E-state index contributed by atoms with van der Waals surface area (Å²) < 4.78 is 5.51. The highest BCUT2D eigenvalue weighted by atomic mass is 16.5. The summed E-state index contributed by atoms with van der Waals surface area (Å²) in [6.45, 7) is -0.171. The molecule has 1 heterocycles. The van der Waals surface area contributed by atoms with Crippen LogP contribution in [0.25, 0.3) is 11.1 Å². The zero-order chi connectivity index (χ0) is 24.8. The van der Waals surface area contributed by atoms with E-state index in [2.05, 4.69) is 27.8 Å². The number of carbonyl (C=O) groups excluding carboxylic acids is 2. The molecule has 180 valence electrons. The molecule has 1 atom stereocenters. The lowest BCUT2D eigenvalue weighted by molar-refractivity contribution is -0.142. The third-order valence-corrected chi connectivity index (χ3v) is 5.81. The van der Waals surface area contributed by atoms with Gasteiger partial charge in [0.05, 0.1) is 18.3 Å². The second-order valence-electron chi connectivity index (χ2n) is 8.14. The minimum Gasteiger partial charge on any atom is -0.480 e. The molecule has 1 aromatic heterocycles. The lowest BCUT2D eigenvalue weighted by Gasteiger charge is -2.15. The number of fused-ring (bicyclic) bond motifs is 3. The van der Waals surface area contributed by atoms with Crippen LogP contribution < -0.4 is 10.6 Å². The van der Waals surface area contributed by atoms with E-state index in [4.69, 9.17) is 14.9 Å². The number of aliphatic carboxylic acids is 1. The molecule has 4 rings (SSSR count). The van der Waals surface area contributed by atoms with Crippen LogP contribution in [-0.2, 0) is 20.7 Å². The Labute approximate surface area is 201 Å². The summed E-state index contributed by atoms with van der Waals surface area (Å²) in [5.41, 5.74) is 5.33. The first-order valence-corrected chi connectivity index (χ1v) is 11.2. The molecule has 0 saturated carbocycles. The van der Waals surface area contributed by atoms with Gasteiger partial charge in [-0.2, -0.15) is 0 Å². The minimum absolute atomic E-state index is 0.0485. The Bertz CT molecular complexity index is 1180. The lowest BCUT2D eigenvalue weighted by atomic mass is 9.98. The molecule has 1 aliphatic rings. The summed E-state index contributed by atoms with van der Waals surface area (Å²) in [5, 5.41) is 22.9. The van der Waals surface area contributed by atoms with Crippen LogP contribution in [-0.4, -0.2) is 52.4 Å². The quantitative estimate of drug-likeness (QED) is 0.373. The number of aliphatic hydroxyl groups is 1. The molecule has 35 heavy (non-hydrogen) atoms. The van der Waals surface area contributed by atoms with E-state index < -0.39 is 24.0 Å². The normalized spacial score (nSPS) is 12.8. The van der Waals surface area contributed by atoms with E-state index in [9.17, 15) is 14.4 Å². The predicted octanol–water partition coefficient (Wildman–Crippen LogP) is 2.94. The Balaban J connectivity index is 1.31. The van der Waals surface area contributed by atoms with Gasteiger partial charge in [-0.1, -0.05) is 48.5 Å². The molecule has 9 nitrogen and oxygen atoms in total. The van der Waals surface area contributed by atoms with Crippen molar-refractivity contribution in [2.75, 3.05) is 18.5 Å². The van der Waals surface area contributed by atoms with E-state index >= 15 is 0 Å². The molecule has 0 radical (unpaired) electrons. The van der Waals surface area contributed by atoms with Crippen molar-refractivity contribution >= 4 is 23.7 Å². The van der Waals surface area contributed by atoms with Crippen molar-refractivity contribution in [3.63, 3.8) is 0 Å². The van der Waals surface area contributed by atoms with Crippen molar-refractivity contribution < 1.29 is 29.3 Å². The van der Waals surface area contributed by atoms with Gasteiger partial charge >= 0.3 is 12.1 Å². The number of aromatic nitrogens is 1. The number of carboxylic acid groups (broad SMARTS) is 1. The van der Waals surface area contributed by atoms with Crippen molar-refractivity contribution in [3.05, 3.63) is 83.7 Å². The van der Waals surface area contributed by atoms with Crippen molar-refractivity contribution in [2.24, 2.45) is 0 Å². The molecule has 0 bridgehead atoms. The Morgan fingerprint density at radius 2 is 1.63 bits per heavy atom. The average molecular weight is 476 g/mol. The fraction of sp³-hybridized carbons (Fsp3) is 0.231. The van der Waals surface area contributed by atoms with Gasteiger partial charge in [-0.05, 0) is 34.4 Å². The first-order chi connectivity index (χ1) is 17.0. The Morgan fingerprint density at radius 1 is 0.971 bits per heavy atom. The summed E-state index contributed by atoms with van der Waals surface area (Å²) >= 11 is 0. The number of benzene rings is 2. The van der Waals surface area contributed by atoms with Crippen LogP contribution in [0, 0.1) is 0 Å². The van der Waals surface area contributed by atoms with Gasteiger partial charge in [-0.25, -0.2) is 9.59 Å². The number of amides is 2. The fourth-order valence-corrected chi connectivity index (χ4v) is 4.15. The maximum Gasteiger partial charge on any atom is 0.411 e. The summed E-state index contributed by atoms with van der Waals surface area (Å²) in [5.74, 6) is -1.80. The minimum atomic E-state index is -1.22. The smallest absolute Gasteiger partial charge is 0.411 e. The number of carbonyl (C=O) groups is 3. The van der Waals surface area contributed by atoms with Gasteiger partial charge < -0.3 is 20.3 Å². The standard InChI is InChI=1S/C26H25N3O6/c30-12-11-23(25(32)33)29-24(31)13-16-9-10-17(14-27-16)28-26(34)35-15-22-20-7-3-1-5-18(20)19-6-2-4-8-21(19)22/h1-10,14,22-23,30H,11-13,15H2,(H,28,34)(H,29,31)(H,32,33)/t23-/m1/s1. The van der Waals surface area contributed by atoms with E-state index in [1.807, 2.05) is 36.4 Å². The second kappa shape index (κ2) is 10.8. The van der Waals surface area contributed by atoms with E-state index in [-0.39, 0.29) is 32.0 Å². The van der Waals surface area contributed by atoms with E-state index in [1.165, 1.54) is 6.20 Å². The molecule has 4 N–H and O–H groups in total. The van der Waals surface area contributed by atoms with Crippen LogP contribution in [0.1, 0.15) is 29.2 Å². The molecule has 2 amide bonds. The molecule has 9 heteroatoms. The first kappa shape index (κ1) is 23.9. The number of hydrogen-bond acceptors (Lipinski definition) is 6. The molecule has 0 fully saturated rings. The van der Waals surface area contributed by atoms with Crippen molar-refractivity contribution in [2.45, 2.75) is 24.8 Å². The highest BCUT2D eigenvalue weighted by molar-refractivity contribution is 5.86. The monoisotopic (exact) mass is 475 g/mol. The largest absolute Gasteiger partial charge is 0.480 e. The average Bonchev–Trinajstić information content (AvgIpc) is 3.17. The van der Waals surface area contributed by atoms with Crippen LogP contribution in [0.4, 0.5) is 10.5 Å². The van der Waals surface area contributed by atoms with Gasteiger partial charge in [0, 0.05) is 24.6 Å². The number of carboxylic acids is 1. The van der Waals surface area contributed by atoms with Crippen molar-refractivity contribution in [1.29, 1.82) is 0 Å². The van der Waals surface area contributed by atoms with Gasteiger partial charge in [0.25, 0.3) is 0 Å². The predicted molar refractivity (Wildman–Crippen MR) is 128 cm³/mol. The Kier molecular flexibility index (Phi) is 7.37. The molecule has 0 aliphatic heterocycles. The zero-order valence-electron chi connectivity index (χ0n) is 18.8. The van der Waals surface area contributed by atoms with Crippen molar-refractivity contribution in [3.8, 4) is 11.1 Å². The fourth-order valence-electron chi connectivity index (χ4n) is 4.15. The summed E-state index contributed by atoms with van der Waals surface area (Å²) in [7, 11) is 0. The van der Waals surface area contributed by atoms with Gasteiger partial charge in [-0.3, -0.25) is 15.1 Å². The molecular formula is C26H25N3O6. The van der Waals surface area contributed by atoms with E-state index in [0.717, 1.165) is 22.3 Å². The number of ether oxygens (including phenoxy) is 1. The zero-order valence-corrected chi connectivity index (χ0v) is 18.8. The maximum absolute atomic E-state index is 12.4. The molecule has 0 spiro atoms. The number of aliphatic hydroxyl groups excluding tert-OH is 1. The van der Waals surface area contributed by atoms with Crippen LogP contribution >= 0.6 is 0 Å². The molecular weight excluding hydrogens is 450 g/mol. The third kappa shape index (κ3) is 5.64. The summed E-state index contributed by atoms with van der Waals surface area (Å²) in [6, 6.07) is 18.1. The van der Waals surface area contributed by atoms with Gasteiger partial charge in [0.15, 0.2) is 0 Å². The van der Waals surface area contributed by atoms with E-state index in [1.54, 1.807) is 12.1 Å². The second-order valence-corrected chi connectivity index (χ2v) is 8.14. The lowest BCUT2D eigenvalue weighted by Crippen LogP contribution is -2.42.